The summed E-state index contributed by atoms with van der Waals surface area (Å²) in [6.45, 7) is 1.44. The van der Waals surface area contributed by atoms with Crippen molar-refractivity contribution < 1.29 is 4.79 Å². The molecular weight excluding hydrogens is 136 g/mol. The van der Waals surface area contributed by atoms with E-state index < -0.39 is 0 Å². The van der Waals surface area contributed by atoms with Crippen LogP contribution in [0, 0.1) is 0 Å². The summed E-state index contributed by atoms with van der Waals surface area (Å²) in [6.07, 6.45) is 12.8. The van der Waals surface area contributed by atoms with E-state index >= 15 is 0 Å². The summed E-state index contributed by atoms with van der Waals surface area (Å²) in [7, 11) is 0. The zero-order valence-electron chi connectivity index (χ0n) is 7.64. The van der Waals surface area contributed by atoms with Gasteiger partial charge < -0.3 is 4.79 Å². The molecular formula is C10H20O. The topological polar surface area (TPSA) is 17.1 Å². The molecule has 2 rings (SSSR count). The monoisotopic (exact) mass is 156 g/mol. The second-order valence-electron chi connectivity index (χ2n) is 3.06. The molecule has 0 atom stereocenters. The smallest absolute Gasteiger partial charge is 0.116 e. The SMILES string of the molecule is C1CCC1.C1CCC1.CC=O. The molecule has 0 bridgehead atoms. The number of carbonyl (C=O) groups excluding carboxylic acids is 1. The summed E-state index contributed by atoms with van der Waals surface area (Å²) in [5.74, 6) is 0. The first-order valence-electron chi connectivity index (χ1n) is 4.81. The van der Waals surface area contributed by atoms with Gasteiger partial charge in [-0.3, -0.25) is 0 Å². The van der Waals surface area contributed by atoms with Crippen LogP contribution in [0.25, 0.3) is 0 Å². The molecule has 0 N–H and O–H groups in total. The van der Waals surface area contributed by atoms with Crippen molar-refractivity contribution in [2.45, 2.75) is 58.3 Å². The Hall–Kier alpha value is -0.330. The first kappa shape index (κ1) is 10.7. The predicted molar refractivity (Wildman–Crippen MR) is 48.7 cm³/mol. The molecule has 66 valence electrons. The highest BCUT2D eigenvalue weighted by Crippen LogP contribution is 2.15. The molecule has 0 spiro atoms. The lowest BCUT2D eigenvalue weighted by Gasteiger charge is -2.05. The minimum Gasteiger partial charge on any atom is -0.304 e. The Labute approximate surface area is 70.2 Å². The Morgan fingerprint density at radius 2 is 0.818 bits per heavy atom. The minimum atomic E-state index is 0.750. The van der Waals surface area contributed by atoms with Crippen molar-refractivity contribution in [1.82, 2.24) is 0 Å². The third-order valence-electron chi connectivity index (χ3n) is 2.00. The molecule has 2 aliphatic rings. The summed E-state index contributed by atoms with van der Waals surface area (Å²) < 4.78 is 0. The summed E-state index contributed by atoms with van der Waals surface area (Å²) in [5.41, 5.74) is 0. The summed E-state index contributed by atoms with van der Waals surface area (Å²) in [4.78, 5) is 8.81. The van der Waals surface area contributed by atoms with Crippen LogP contribution in [0.5, 0.6) is 0 Å². The Morgan fingerprint density at radius 3 is 0.818 bits per heavy atom. The first-order valence-corrected chi connectivity index (χ1v) is 4.81. The van der Waals surface area contributed by atoms with Crippen molar-refractivity contribution in [3.8, 4) is 0 Å². The third kappa shape index (κ3) is 9.67. The minimum absolute atomic E-state index is 0.750. The van der Waals surface area contributed by atoms with E-state index in [1.165, 1.54) is 58.3 Å². The van der Waals surface area contributed by atoms with Gasteiger partial charge >= 0.3 is 0 Å². The van der Waals surface area contributed by atoms with Crippen molar-refractivity contribution in [1.29, 1.82) is 0 Å². The molecule has 2 saturated carbocycles. The predicted octanol–water partition coefficient (Wildman–Crippen LogP) is 3.33. The number of carbonyl (C=O) groups is 1. The second kappa shape index (κ2) is 9.67. The average molecular weight is 156 g/mol. The normalized spacial score (nSPS) is 18.6. The zero-order valence-corrected chi connectivity index (χ0v) is 7.64. The molecule has 11 heavy (non-hydrogen) atoms. The van der Waals surface area contributed by atoms with Crippen LogP contribution in [0.15, 0.2) is 0 Å². The molecule has 0 aliphatic heterocycles. The molecule has 0 radical (unpaired) electrons. The lowest BCUT2D eigenvalue weighted by atomic mass is 10.0. The summed E-state index contributed by atoms with van der Waals surface area (Å²) in [6, 6.07) is 0. The van der Waals surface area contributed by atoms with Crippen LogP contribution in [-0.4, -0.2) is 6.29 Å². The lowest BCUT2D eigenvalue weighted by molar-refractivity contribution is -0.106. The van der Waals surface area contributed by atoms with Gasteiger partial charge in [0.25, 0.3) is 0 Å². The highest BCUT2D eigenvalue weighted by Gasteiger charge is 1.95. The van der Waals surface area contributed by atoms with Gasteiger partial charge in [0.2, 0.25) is 0 Å². The molecule has 0 aromatic heterocycles. The van der Waals surface area contributed by atoms with E-state index in [1.807, 2.05) is 0 Å². The fraction of sp³-hybridized carbons (Fsp3) is 0.900. The van der Waals surface area contributed by atoms with Gasteiger partial charge in [-0.15, -0.1) is 0 Å². The van der Waals surface area contributed by atoms with E-state index in [0.717, 1.165) is 6.29 Å². The summed E-state index contributed by atoms with van der Waals surface area (Å²) >= 11 is 0. The van der Waals surface area contributed by atoms with Crippen LogP contribution in [0.4, 0.5) is 0 Å². The zero-order chi connectivity index (χ0) is 8.36. The van der Waals surface area contributed by atoms with Crippen molar-refractivity contribution in [2.24, 2.45) is 0 Å². The van der Waals surface area contributed by atoms with Gasteiger partial charge in [0.1, 0.15) is 6.29 Å². The van der Waals surface area contributed by atoms with Crippen molar-refractivity contribution in [2.75, 3.05) is 0 Å². The Morgan fingerprint density at radius 1 is 0.727 bits per heavy atom. The number of aldehydes is 1. The van der Waals surface area contributed by atoms with E-state index in [-0.39, 0.29) is 0 Å². The molecule has 0 saturated heterocycles. The van der Waals surface area contributed by atoms with Crippen LogP contribution in [0.3, 0.4) is 0 Å². The van der Waals surface area contributed by atoms with Crippen LogP contribution in [-0.2, 0) is 4.79 Å². The van der Waals surface area contributed by atoms with E-state index in [9.17, 15) is 0 Å². The Kier molecular flexibility index (Phi) is 9.38. The molecule has 0 aromatic carbocycles. The van der Waals surface area contributed by atoms with E-state index in [0.29, 0.717) is 0 Å². The van der Waals surface area contributed by atoms with Crippen LogP contribution in [0.1, 0.15) is 58.3 Å². The van der Waals surface area contributed by atoms with Gasteiger partial charge in [0, 0.05) is 0 Å². The second-order valence-corrected chi connectivity index (χ2v) is 3.06. The summed E-state index contributed by atoms with van der Waals surface area (Å²) in [5, 5.41) is 0. The van der Waals surface area contributed by atoms with Gasteiger partial charge in [-0.25, -0.2) is 0 Å². The number of hydrogen-bond acceptors (Lipinski definition) is 1. The van der Waals surface area contributed by atoms with Crippen LogP contribution in [0.2, 0.25) is 0 Å². The quantitative estimate of drug-likeness (QED) is 0.492. The maximum absolute atomic E-state index is 8.81. The highest BCUT2D eigenvalue weighted by atomic mass is 16.1. The lowest BCUT2D eigenvalue weighted by Crippen LogP contribution is -1.85. The molecule has 1 nitrogen and oxygen atoms in total. The van der Waals surface area contributed by atoms with Crippen LogP contribution >= 0.6 is 0 Å². The molecule has 0 amide bonds. The van der Waals surface area contributed by atoms with Crippen molar-refractivity contribution >= 4 is 6.29 Å². The van der Waals surface area contributed by atoms with Crippen molar-refractivity contribution in [3.05, 3.63) is 0 Å². The Bertz CT molecular complexity index is 54.9. The van der Waals surface area contributed by atoms with Crippen molar-refractivity contribution in [3.63, 3.8) is 0 Å². The maximum atomic E-state index is 8.81. The molecule has 0 aromatic rings. The van der Waals surface area contributed by atoms with Gasteiger partial charge in [-0.05, 0) is 6.92 Å². The fourth-order valence-corrected chi connectivity index (χ4v) is 0.500. The molecule has 2 aliphatic carbocycles. The number of hydrogen-bond donors (Lipinski definition) is 0. The Balaban J connectivity index is 0.000000139. The average Bonchev–Trinajstić information content (AvgIpc) is 1.52. The largest absolute Gasteiger partial charge is 0.304 e. The standard InChI is InChI=1S/2C4H8.C2H4O/c2*1-2-4-3-1;1-2-3/h2*1-4H2;2H,1H3. The molecule has 0 heterocycles. The van der Waals surface area contributed by atoms with Crippen LogP contribution < -0.4 is 0 Å². The van der Waals surface area contributed by atoms with E-state index in [2.05, 4.69) is 0 Å². The molecule has 0 unspecified atom stereocenters. The van der Waals surface area contributed by atoms with E-state index in [1.54, 1.807) is 0 Å². The van der Waals surface area contributed by atoms with Gasteiger partial charge in [0.05, 0.1) is 0 Å². The fourth-order valence-electron chi connectivity index (χ4n) is 0.500. The third-order valence-corrected chi connectivity index (χ3v) is 2.00. The highest BCUT2D eigenvalue weighted by molar-refractivity contribution is 5.44. The first-order chi connectivity index (χ1) is 5.41. The van der Waals surface area contributed by atoms with Gasteiger partial charge in [0.15, 0.2) is 0 Å². The van der Waals surface area contributed by atoms with Gasteiger partial charge in [-0.1, -0.05) is 51.4 Å². The molecule has 1 heteroatoms. The van der Waals surface area contributed by atoms with E-state index in [4.69, 9.17) is 4.79 Å². The molecule has 2 fully saturated rings. The maximum Gasteiger partial charge on any atom is 0.116 e. The number of rotatable bonds is 0. The van der Waals surface area contributed by atoms with Gasteiger partial charge in [-0.2, -0.15) is 0 Å².